The Kier molecular flexibility index (Phi) is 9.28. The Morgan fingerprint density at radius 1 is 1.33 bits per heavy atom. The maximum absolute atomic E-state index is 11.6. The molecule has 1 aliphatic heterocycles. The zero-order valence-corrected chi connectivity index (χ0v) is 12.1. The van der Waals surface area contributed by atoms with E-state index >= 15 is 0 Å². The van der Waals surface area contributed by atoms with E-state index in [1.807, 2.05) is 7.05 Å². The van der Waals surface area contributed by atoms with Gasteiger partial charge in [-0.25, -0.2) is 0 Å². The molecule has 1 atom stereocenters. The van der Waals surface area contributed by atoms with Gasteiger partial charge in [-0.05, 0) is 26.4 Å². The average Bonchev–Trinajstić information content (AvgIpc) is 2.36. The molecule has 0 saturated carbocycles. The summed E-state index contributed by atoms with van der Waals surface area (Å²) in [6.07, 6.45) is 3.22. The average molecular weight is 257 g/mol. The smallest absolute Gasteiger partial charge is 0.239 e. The van der Waals surface area contributed by atoms with Crippen molar-refractivity contribution in [3.63, 3.8) is 0 Å². The molecule has 1 saturated heterocycles. The number of hydrogen-bond donors (Lipinski definition) is 2. The van der Waals surface area contributed by atoms with Crippen molar-refractivity contribution in [2.45, 2.75) is 33.1 Å². The van der Waals surface area contributed by atoms with E-state index in [2.05, 4.69) is 29.4 Å². The number of carbonyl (C=O) groups excluding carboxylic acids is 2. The van der Waals surface area contributed by atoms with E-state index < -0.39 is 0 Å². The van der Waals surface area contributed by atoms with Crippen molar-refractivity contribution in [3.05, 3.63) is 0 Å². The first-order chi connectivity index (χ1) is 8.54. The van der Waals surface area contributed by atoms with E-state index in [0.717, 1.165) is 25.9 Å². The molecule has 106 valence electrons. The first-order valence-electron chi connectivity index (χ1n) is 6.71. The summed E-state index contributed by atoms with van der Waals surface area (Å²) in [6.45, 7) is 6.17. The van der Waals surface area contributed by atoms with Crippen LogP contribution in [0.1, 0.15) is 33.1 Å². The first-order valence-corrected chi connectivity index (χ1v) is 6.71. The maximum Gasteiger partial charge on any atom is 0.239 e. The molecule has 0 bridgehead atoms. The summed E-state index contributed by atoms with van der Waals surface area (Å²) in [7, 11) is 3.57. The van der Waals surface area contributed by atoms with Crippen LogP contribution in [0.3, 0.4) is 0 Å². The summed E-state index contributed by atoms with van der Waals surface area (Å²) >= 11 is 0. The van der Waals surface area contributed by atoms with Gasteiger partial charge < -0.3 is 15.5 Å². The molecule has 18 heavy (non-hydrogen) atoms. The molecule has 0 aromatic heterocycles. The van der Waals surface area contributed by atoms with Crippen molar-refractivity contribution < 1.29 is 9.59 Å². The van der Waals surface area contributed by atoms with Gasteiger partial charge in [-0.1, -0.05) is 20.3 Å². The molecule has 1 aliphatic rings. The Balaban J connectivity index is 0.000000873. The van der Waals surface area contributed by atoms with Crippen LogP contribution in [0, 0.1) is 5.92 Å². The summed E-state index contributed by atoms with van der Waals surface area (Å²) in [6, 6.07) is 0. The van der Waals surface area contributed by atoms with Crippen LogP contribution in [0.25, 0.3) is 0 Å². The lowest BCUT2D eigenvalue weighted by atomic mass is 9.98. The molecule has 0 spiro atoms. The molecule has 2 N–H and O–H groups in total. The Hall–Kier alpha value is -1.10. The monoisotopic (exact) mass is 257 g/mol. The van der Waals surface area contributed by atoms with Crippen molar-refractivity contribution in [3.8, 4) is 0 Å². The number of nitrogens with zero attached hydrogens (tertiary/aromatic N) is 1. The van der Waals surface area contributed by atoms with Gasteiger partial charge in [0.25, 0.3) is 0 Å². The summed E-state index contributed by atoms with van der Waals surface area (Å²) in [5.41, 5.74) is 0. The quantitative estimate of drug-likeness (QED) is 0.778. The van der Waals surface area contributed by atoms with Crippen molar-refractivity contribution >= 4 is 11.8 Å². The van der Waals surface area contributed by atoms with Crippen LogP contribution in [0.2, 0.25) is 0 Å². The largest absolute Gasteiger partial charge is 0.358 e. The normalized spacial score (nSPS) is 19.4. The highest BCUT2D eigenvalue weighted by Crippen LogP contribution is 2.14. The predicted molar refractivity (Wildman–Crippen MR) is 73.3 cm³/mol. The molecule has 0 radical (unpaired) electrons. The third-order valence-electron chi connectivity index (χ3n) is 2.70. The van der Waals surface area contributed by atoms with Crippen LogP contribution >= 0.6 is 0 Å². The number of rotatable bonds is 3. The lowest BCUT2D eigenvalue weighted by Gasteiger charge is -2.28. The van der Waals surface area contributed by atoms with Gasteiger partial charge in [0.1, 0.15) is 0 Å². The van der Waals surface area contributed by atoms with Crippen molar-refractivity contribution in [1.29, 1.82) is 0 Å². The Morgan fingerprint density at radius 3 is 2.44 bits per heavy atom. The minimum Gasteiger partial charge on any atom is -0.358 e. The molecule has 5 heteroatoms. The third-order valence-corrected chi connectivity index (χ3v) is 2.70. The molecular formula is C13H27N3O2. The standard InChI is InChI=1S/C10H19N3O2.C3H8/c1-11-9(14)6-12-10(15)8-4-3-5-13(2)7-8;1-3-2/h8H,3-7H2,1-2H3,(H,11,14)(H,12,15);3H2,1-2H3. The van der Waals surface area contributed by atoms with E-state index in [1.54, 1.807) is 7.05 Å². The molecule has 0 aliphatic carbocycles. The van der Waals surface area contributed by atoms with E-state index in [1.165, 1.54) is 6.42 Å². The number of carbonyl (C=O) groups is 2. The number of likely N-dealkylation sites (tertiary alicyclic amines) is 1. The minimum absolute atomic E-state index is 0.00912. The molecule has 1 rings (SSSR count). The second-order valence-corrected chi connectivity index (χ2v) is 4.70. The second-order valence-electron chi connectivity index (χ2n) is 4.70. The van der Waals surface area contributed by atoms with Crippen molar-refractivity contribution in [1.82, 2.24) is 15.5 Å². The fourth-order valence-electron chi connectivity index (χ4n) is 1.78. The topological polar surface area (TPSA) is 61.4 Å². The Bertz CT molecular complexity index is 257. The van der Waals surface area contributed by atoms with Crippen LogP contribution in [0.5, 0.6) is 0 Å². The highest BCUT2D eigenvalue weighted by Gasteiger charge is 2.23. The minimum atomic E-state index is -0.160. The van der Waals surface area contributed by atoms with Gasteiger partial charge in [0.2, 0.25) is 11.8 Å². The van der Waals surface area contributed by atoms with Crippen LogP contribution in [0.4, 0.5) is 0 Å². The Labute approximate surface area is 110 Å². The predicted octanol–water partition coefficient (Wildman–Crippen LogP) is 0.607. The van der Waals surface area contributed by atoms with Crippen LogP contribution < -0.4 is 10.6 Å². The van der Waals surface area contributed by atoms with Crippen LogP contribution in [-0.2, 0) is 9.59 Å². The lowest BCUT2D eigenvalue weighted by molar-refractivity contribution is -0.129. The zero-order valence-electron chi connectivity index (χ0n) is 12.1. The molecule has 5 nitrogen and oxygen atoms in total. The molecule has 2 amide bonds. The van der Waals surface area contributed by atoms with E-state index in [-0.39, 0.29) is 24.3 Å². The highest BCUT2D eigenvalue weighted by atomic mass is 16.2. The molecule has 0 aromatic carbocycles. The number of amides is 2. The van der Waals surface area contributed by atoms with Gasteiger partial charge in [-0.2, -0.15) is 0 Å². The summed E-state index contributed by atoms with van der Waals surface area (Å²) in [5, 5.41) is 5.11. The lowest BCUT2D eigenvalue weighted by Crippen LogP contribution is -2.44. The van der Waals surface area contributed by atoms with Crippen LogP contribution in [-0.4, -0.2) is 50.4 Å². The van der Waals surface area contributed by atoms with Gasteiger partial charge in [-0.15, -0.1) is 0 Å². The molecule has 0 aromatic rings. The van der Waals surface area contributed by atoms with Crippen molar-refractivity contribution in [2.75, 3.05) is 33.7 Å². The van der Waals surface area contributed by atoms with Crippen LogP contribution in [0.15, 0.2) is 0 Å². The maximum atomic E-state index is 11.6. The molecular weight excluding hydrogens is 230 g/mol. The number of hydrogen-bond acceptors (Lipinski definition) is 3. The van der Waals surface area contributed by atoms with E-state index in [4.69, 9.17) is 0 Å². The van der Waals surface area contributed by atoms with E-state index in [9.17, 15) is 9.59 Å². The van der Waals surface area contributed by atoms with Gasteiger partial charge in [0.05, 0.1) is 12.5 Å². The molecule has 1 heterocycles. The summed E-state index contributed by atoms with van der Waals surface area (Å²) < 4.78 is 0. The number of nitrogens with one attached hydrogen (secondary N) is 2. The third kappa shape index (κ3) is 7.27. The van der Waals surface area contributed by atoms with Gasteiger partial charge in [0, 0.05) is 13.6 Å². The highest BCUT2D eigenvalue weighted by molar-refractivity contribution is 5.85. The first kappa shape index (κ1) is 16.9. The molecule has 1 fully saturated rings. The fraction of sp³-hybridized carbons (Fsp3) is 0.846. The van der Waals surface area contributed by atoms with E-state index in [0.29, 0.717) is 0 Å². The number of piperidine rings is 1. The fourth-order valence-corrected chi connectivity index (χ4v) is 1.78. The van der Waals surface area contributed by atoms with Crippen molar-refractivity contribution in [2.24, 2.45) is 5.92 Å². The van der Waals surface area contributed by atoms with Gasteiger partial charge >= 0.3 is 0 Å². The van der Waals surface area contributed by atoms with Gasteiger partial charge in [-0.3, -0.25) is 9.59 Å². The zero-order chi connectivity index (χ0) is 14.0. The Morgan fingerprint density at radius 2 is 1.94 bits per heavy atom. The summed E-state index contributed by atoms with van der Waals surface area (Å²) in [4.78, 5) is 24.7. The summed E-state index contributed by atoms with van der Waals surface area (Å²) in [5.74, 6) is -0.133. The number of likely N-dealkylation sites (N-methyl/N-ethyl adjacent to an activating group) is 1. The second kappa shape index (κ2) is 9.88. The molecule has 1 unspecified atom stereocenters. The van der Waals surface area contributed by atoms with Gasteiger partial charge in [0.15, 0.2) is 0 Å². The SMILES string of the molecule is CCC.CNC(=O)CNC(=O)C1CCCN(C)C1.